The average molecular weight is 282 g/mol. The minimum absolute atomic E-state index is 0.671. The molecule has 2 aliphatic rings. The highest BCUT2D eigenvalue weighted by Gasteiger charge is 2.20. The van der Waals surface area contributed by atoms with Crippen molar-refractivity contribution in [3.05, 3.63) is 0 Å². The number of rotatable bonds is 6. The van der Waals surface area contributed by atoms with E-state index < -0.39 is 0 Å². The van der Waals surface area contributed by atoms with Crippen molar-refractivity contribution in [3.63, 3.8) is 0 Å². The molecule has 0 saturated carbocycles. The second-order valence-electron chi connectivity index (χ2n) is 6.95. The first-order valence-electron chi connectivity index (χ1n) is 8.51. The van der Waals surface area contributed by atoms with Crippen LogP contribution in [-0.4, -0.2) is 86.7 Å². The zero-order valence-corrected chi connectivity index (χ0v) is 13.8. The van der Waals surface area contributed by atoms with Crippen LogP contribution < -0.4 is 5.32 Å². The van der Waals surface area contributed by atoms with E-state index >= 15 is 0 Å². The Kier molecular flexibility index (Phi) is 6.75. The van der Waals surface area contributed by atoms with Crippen molar-refractivity contribution in [1.29, 1.82) is 0 Å². The van der Waals surface area contributed by atoms with Crippen LogP contribution >= 0.6 is 0 Å². The summed E-state index contributed by atoms with van der Waals surface area (Å²) >= 11 is 0. The van der Waals surface area contributed by atoms with Crippen molar-refractivity contribution >= 4 is 0 Å². The molecule has 1 N–H and O–H groups in total. The number of nitrogens with one attached hydrogen (secondary N) is 1. The van der Waals surface area contributed by atoms with Gasteiger partial charge in [-0.1, -0.05) is 0 Å². The van der Waals surface area contributed by atoms with E-state index in [1.54, 1.807) is 0 Å². The summed E-state index contributed by atoms with van der Waals surface area (Å²) in [7, 11) is 2.23. The molecule has 0 radical (unpaired) electrons. The van der Waals surface area contributed by atoms with E-state index in [0.717, 1.165) is 5.92 Å². The third-order valence-corrected chi connectivity index (χ3v) is 4.92. The molecule has 1 atom stereocenters. The maximum atomic E-state index is 3.55. The van der Waals surface area contributed by atoms with E-state index in [0.29, 0.717) is 6.04 Å². The van der Waals surface area contributed by atoms with Crippen LogP contribution in [0, 0.1) is 5.92 Å². The first-order chi connectivity index (χ1) is 9.65. The fraction of sp³-hybridized carbons (Fsp3) is 1.00. The van der Waals surface area contributed by atoms with Crippen molar-refractivity contribution in [3.8, 4) is 0 Å². The number of hydrogen-bond donors (Lipinski definition) is 1. The van der Waals surface area contributed by atoms with Crippen LogP contribution in [0.4, 0.5) is 0 Å². The molecule has 4 heteroatoms. The molecule has 0 aliphatic carbocycles. The van der Waals surface area contributed by atoms with Crippen LogP contribution in [0.15, 0.2) is 0 Å². The van der Waals surface area contributed by atoms with E-state index in [-0.39, 0.29) is 0 Å². The number of piperidine rings is 1. The molecule has 2 aliphatic heterocycles. The van der Waals surface area contributed by atoms with Crippen LogP contribution in [0.2, 0.25) is 0 Å². The third-order valence-electron chi connectivity index (χ3n) is 4.92. The van der Waals surface area contributed by atoms with Gasteiger partial charge in [0.25, 0.3) is 0 Å². The zero-order valence-electron chi connectivity index (χ0n) is 13.8. The maximum Gasteiger partial charge on any atom is 0.0112 e. The molecule has 0 spiro atoms. The topological polar surface area (TPSA) is 21.8 Å². The molecule has 2 heterocycles. The molecule has 0 aromatic heterocycles. The molecule has 118 valence electrons. The van der Waals surface area contributed by atoms with Gasteiger partial charge in [-0.25, -0.2) is 0 Å². The largest absolute Gasteiger partial charge is 0.316 e. The predicted molar refractivity (Wildman–Crippen MR) is 86.2 cm³/mol. The third kappa shape index (κ3) is 5.32. The zero-order chi connectivity index (χ0) is 14.4. The molecule has 0 bridgehead atoms. The number of likely N-dealkylation sites (N-methyl/N-ethyl adjacent to an activating group) is 1. The summed E-state index contributed by atoms with van der Waals surface area (Å²) in [4.78, 5) is 7.76. The van der Waals surface area contributed by atoms with E-state index in [4.69, 9.17) is 0 Å². The Hall–Kier alpha value is -0.160. The van der Waals surface area contributed by atoms with Gasteiger partial charge < -0.3 is 10.2 Å². The van der Waals surface area contributed by atoms with Gasteiger partial charge in [0, 0.05) is 51.9 Å². The predicted octanol–water partition coefficient (Wildman–Crippen LogP) is 0.944. The van der Waals surface area contributed by atoms with E-state index in [1.807, 2.05) is 0 Å². The van der Waals surface area contributed by atoms with Gasteiger partial charge in [-0.05, 0) is 52.7 Å². The van der Waals surface area contributed by atoms with Crippen molar-refractivity contribution < 1.29 is 0 Å². The lowest BCUT2D eigenvalue weighted by atomic mass is 9.98. The number of hydrogen-bond acceptors (Lipinski definition) is 4. The summed E-state index contributed by atoms with van der Waals surface area (Å²) in [6.45, 7) is 15.8. The monoisotopic (exact) mass is 282 g/mol. The number of nitrogens with zero attached hydrogens (tertiary/aromatic N) is 3. The first kappa shape index (κ1) is 16.2. The van der Waals surface area contributed by atoms with Crippen molar-refractivity contribution in [1.82, 2.24) is 20.0 Å². The van der Waals surface area contributed by atoms with E-state index in [9.17, 15) is 0 Å². The normalized spacial score (nSPS) is 26.6. The summed E-state index contributed by atoms with van der Waals surface area (Å²) in [5.41, 5.74) is 0. The summed E-state index contributed by atoms with van der Waals surface area (Å²) in [6, 6.07) is 0.671. The Morgan fingerprint density at radius 2 is 1.95 bits per heavy atom. The molecule has 0 aromatic rings. The number of piperazine rings is 1. The fourth-order valence-corrected chi connectivity index (χ4v) is 3.31. The highest BCUT2D eigenvalue weighted by Crippen LogP contribution is 2.13. The van der Waals surface area contributed by atoms with Crippen molar-refractivity contribution in [2.24, 2.45) is 5.92 Å². The van der Waals surface area contributed by atoms with Gasteiger partial charge in [0.1, 0.15) is 0 Å². The fourth-order valence-electron chi connectivity index (χ4n) is 3.31. The molecule has 1 unspecified atom stereocenters. The minimum Gasteiger partial charge on any atom is -0.316 e. The summed E-state index contributed by atoms with van der Waals surface area (Å²) in [5, 5.41) is 3.55. The molecule has 4 nitrogen and oxygen atoms in total. The van der Waals surface area contributed by atoms with Crippen LogP contribution in [-0.2, 0) is 0 Å². The van der Waals surface area contributed by atoms with Gasteiger partial charge in [-0.15, -0.1) is 0 Å². The minimum atomic E-state index is 0.671. The van der Waals surface area contributed by atoms with E-state index in [1.165, 1.54) is 71.7 Å². The Bertz CT molecular complexity index is 255. The average Bonchev–Trinajstić information content (AvgIpc) is 2.46. The molecule has 2 fully saturated rings. The smallest absolute Gasteiger partial charge is 0.0112 e. The SMILES string of the molecule is CC(C)N(CCN1CCN(C)CC1)CC1CCCNC1. The van der Waals surface area contributed by atoms with Crippen molar-refractivity contribution in [2.75, 3.05) is 66.0 Å². The highest BCUT2D eigenvalue weighted by atomic mass is 15.3. The van der Waals surface area contributed by atoms with Crippen LogP contribution in [0.3, 0.4) is 0 Å². The molecule has 0 aromatic carbocycles. The Morgan fingerprint density at radius 3 is 2.55 bits per heavy atom. The molecule has 2 saturated heterocycles. The lowest BCUT2D eigenvalue weighted by Crippen LogP contribution is -2.49. The molecular formula is C16H34N4. The van der Waals surface area contributed by atoms with Crippen LogP contribution in [0.25, 0.3) is 0 Å². The lowest BCUT2D eigenvalue weighted by molar-refractivity contribution is 0.113. The van der Waals surface area contributed by atoms with Crippen LogP contribution in [0.5, 0.6) is 0 Å². The highest BCUT2D eigenvalue weighted by molar-refractivity contribution is 4.77. The quantitative estimate of drug-likeness (QED) is 0.783. The molecular weight excluding hydrogens is 248 g/mol. The Labute approximate surface area is 125 Å². The lowest BCUT2D eigenvalue weighted by Gasteiger charge is -2.36. The van der Waals surface area contributed by atoms with Gasteiger partial charge in [-0.2, -0.15) is 0 Å². The molecule has 20 heavy (non-hydrogen) atoms. The summed E-state index contributed by atoms with van der Waals surface area (Å²) in [6.07, 6.45) is 2.76. The Morgan fingerprint density at radius 1 is 1.20 bits per heavy atom. The Balaban J connectivity index is 1.71. The summed E-state index contributed by atoms with van der Waals surface area (Å²) < 4.78 is 0. The van der Waals surface area contributed by atoms with Gasteiger partial charge in [0.2, 0.25) is 0 Å². The second kappa shape index (κ2) is 8.32. The molecule has 0 amide bonds. The maximum absolute atomic E-state index is 3.55. The molecule has 2 rings (SSSR count). The van der Waals surface area contributed by atoms with Crippen LogP contribution in [0.1, 0.15) is 26.7 Å². The van der Waals surface area contributed by atoms with Gasteiger partial charge >= 0.3 is 0 Å². The van der Waals surface area contributed by atoms with Crippen molar-refractivity contribution in [2.45, 2.75) is 32.7 Å². The standard InChI is InChI=1S/C16H34N4/c1-15(2)20(14-16-5-4-6-17-13-16)12-11-19-9-7-18(3)8-10-19/h15-17H,4-14H2,1-3H3. The summed E-state index contributed by atoms with van der Waals surface area (Å²) in [5.74, 6) is 0.860. The van der Waals surface area contributed by atoms with Gasteiger partial charge in [0.15, 0.2) is 0 Å². The first-order valence-corrected chi connectivity index (χ1v) is 8.51. The second-order valence-corrected chi connectivity index (χ2v) is 6.95. The van der Waals surface area contributed by atoms with Gasteiger partial charge in [0.05, 0.1) is 0 Å². The van der Waals surface area contributed by atoms with E-state index in [2.05, 4.69) is 40.9 Å². The van der Waals surface area contributed by atoms with Gasteiger partial charge in [-0.3, -0.25) is 9.80 Å².